The van der Waals surface area contributed by atoms with E-state index >= 15 is 0 Å². The lowest BCUT2D eigenvalue weighted by Gasteiger charge is -2.12. The van der Waals surface area contributed by atoms with Crippen molar-refractivity contribution >= 4 is 17.3 Å². The molecule has 1 amide bonds. The summed E-state index contributed by atoms with van der Waals surface area (Å²) in [4.78, 5) is 23.7. The fourth-order valence-electron chi connectivity index (χ4n) is 2.07. The van der Waals surface area contributed by atoms with E-state index in [1.807, 2.05) is 13.8 Å². The first-order chi connectivity index (χ1) is 9.38. The Morgan fingerprint density at radius 2 is 1.80 bits per heavy atom. The van der Waals surface area contributed by atoms with Crippen LogP contribution in [0.5, 0.6) is 0 Å². The van der Waals surface area contributed by atoms with E-state index in [0.29, 0.717) is 11.3 Å². The smallest absolute Gasteiger partial charge is 0.255 e. The molecule has 0 radical (unpaired) electrons. The van der Waals surface area contributed by atoms with Crippen LogP contribution in [-0.2, 0) is 7.05 Å². The molecule has 1 aromatic heterocycles. The highest BCUT2D eigenvalue weighted by Gasteiger charge is 2.11. The molecular formula is C15H17N3O2. The molecule has 2 aromatic rings. The number of carbonyl (C=O) groups excluding carboxylic acids is 1. The Balaban J connectivity index is 2.32. The quantitative estimate of drug-likeness (QED) is 0.818. The summed E-state index contributed by atoms with van der Waals surface area (Å²) < 4.78 is 1.41. The number of carbonyl (C=O) groups is 1. The molecule has 5 heteroatoms. The second kappa shape index (κ2) is 5.21. The molecule has 0 saturated heterocycles. The Labute approximate surface area is 117 Å². The van der Waals surface area contributed by atoms with Gasteiger partial charge in [-0.15, -0.1) is 0 Å². The van der Waals surface area contributed by atoms with Crippen LogP contribution >= 0.6 is 0 Å². The summed E-state index contributed by atoms with van der Waals surface area (Å²) in [7, 11) is 1.64. The highest BCUT2D eigenvalue weighted by atomic mass is 16.2. The molecular weight excluding hydrogens is 254 g/mol. The Morgan fingerprint density at radius 3 is 2.35 bits per heavy atom. The number of pyridine rings is 1. The number of anilines is 2. The van der Waals surface area contributed by atoms with Crippen LogP contribution in [0.3, 0.4) is 0 Å². The summed E-state index contributed by atoms with van der Waals surface area (Å²) in [6.07, 6.45) is 1.57. The third kappa shape index (κ3) is 2.71. The second-order valence-corrected chi connectivity index (χ2v) is 4.85. The minimum atomic E-state index is -0.307. The highest BCUT2D eigenvalue weighted by molar-refractivity contribution is 6.05. The SMILES string of the molecule is Cc1cc(N)cc(C)c1NC(=O)c1ccn(C)c(=O)c1. The first-order valence-corrected chi connectivity index (χ1v) is 6.23. The average Bonchev–Trinajstić information content (AvgIpc) is 2.36. The first kappa shape index (κ1) is 13.9. The highest BCUT2D eigenvalue weighted by Crippen LogP contribution is 2.23. The third-order valence-corrected chi connectivity index (χ3v) is 3.16. The van der Waals surface area contributed by atoms with Gasteiger partial charge < -0.3 is 15.6 Å². The van der Waals surface area contributed by atoms with Gasteiger partial charge in [0.2, 0.25) is 0 Å². The number of aryl methyl sites for hydroxylation is 3. The largest absolute Gasteiger partial charge is 0.399 e. The number of benzene rings is 1. The van der Waals surface area contributed by atoms with Gasteiger partial charge in [0, 0.05) is 36.2 Å². The van der Waals surface area contributed by atoms with Gasteiger partial charge in [-0.25, -0.2) is 0 Å². The number of nitrogens with one attached hydrogen (secondary N) is 1. The van der Waals surface area contributed by atoms with E-state index in [1.165, 1.54) is 10.6 Å². The number of rotatable bonds is 2. The molecule has 104 valence electrons. The summed E-state index contributed by atoms with van der Waals surface area (Å²) in [5, 5.41) is 2.83. The lowest BCUT2D eigenvalue weighted by molar-refractivity contribution is 0.102. The van der Waals surface area contributed by atoms with Crippen LogP contribution in [0, 0.1) is 13.8 Å². The fourth-order valence-corrected chi connectivity index (χ4v) is 2.07. The van der Waals surface area contributed by atoms with Crippen molar-refractivity contribution < 1.29 is 4.79 Å². The van der Waals surface area contributed by atoms with Crippen LogP contribution in [0.25, 0.3) is 0 Å². The predicted molar refractivity (Wildman–Crippen MR) is 80.0 cm³/mol. The maximum atomic E-state index is 12.2. The molecule has 0 atom stereocenters. The number of amides is 1. The molecule has 0 bridgehead atoms. The Bertz CT molecular complexity index is 709. The van der Waals surface area contributed by atoms with Crippen molar-refractivity contribution in [3.63, 3.8) is 0 Å². The van der Waals surface area contributed by atoms with Crippen LogP contribution in [0.4, 0.5) is 11.4 Å². The van der Waals surface area contributed by atoms with E-state index in [4.69, 9.17) is 5.73 Å². The maximum absolute atomic E-state index is 12.2. The minimum Gasteiger partial charge on any atom is -0.399 e. The monoisotopic (exact) mass is 271 g/mol. The van der Waals surface area contributed by atoms with Gasteiger partial charge in [0.05, 0.1) is 0 Å². The molecule has 20 heavy (non-hydrogen) atoms. The summed E-state index contributed by atoms with van der Waals surface area (Å²) in [6, 6.07) is 6.52. The number of nitrogens with two attached hydrogens (primary N) is 1. The number of hydrogen-bond acceptors (Lipinski definition) is 3. The third-order valence-electron chi connectivity index (χ3n) is 3.16. The molecule has 1 aromatic carbocycles. The number of aromatic nitrogens is 1. The van der Waals surface area contributed by atoms with Gasteiger partial charge in [0.25, 0.3) is 11.5 Å². The zero-order valence-corrected chi connectivity index (χ0v) is 11.7. The van der Waals surface area contributed by atoms with E-state index in [-0.39, 0.29) is 11.5 Å². The molecule has 2 rings (SSSR count). The summed E-state index contributed by atoms with van der Waals surface area (Å²) in [5.74, 6) is -0.307. The summed E-state index contributed by atoms with van der Waals surface area (Å²) in [6.45, 7) is 3.76. The van der Waals surface area contributed by atoms with Crippen molar-refractivity contribution in [2.45, 2.75) is 13.8 Å². The van der Waals surface area contributed by atoms with Crippen molar-refractivity contribution in [3.8, 4) is 0 Å². The Kier molecular flexibility index (Phi) is 3.61. The van der Waals surface area contributed by atoms with Crippen LogP contribution in [0.15, 0.2) is 35.3 Å². The van der Waals surface area contributed by atoms with E-state index < -0.39 is 0 Å². The average molecular weight is 271 g/mol. The summed E-state index contributed by atoms with van der Waals surface area (Å²) >= 11 is 0. The molecule has 1 heterocycles. The molecule has 0 spiro atoms. The first-order valence-electron chi connectivity index (χ1n) is 6.23. The molecule has 5 nitrogen and oxygen atoms in total. The van der Waals surface area contributed by atoms with Gasteiger partial charge in [-0.05, 0) is 43.2 Å². The maximum Gasteiger partial charge on any atom is 0.255 e. The topological polar surface area (TPSA) is 77.1 Å². The summed E-state index contributed by atoms with van der Waals surface area (Å²) in [5.41, 5.74) is 9.03. The lowest BCUT2D eigenvalue weighted by atomic mass is 10.1. The van der Waals surface area contributed by atoms with Crippen molar-refractivity contribution in [1.29, 1.82) is 0 Å². The fraction of sp³-hybridized carbons (Fsp3) is 0.200. The number of nitrogens with zero attached hydrogens (tertiary/aromatic N) is 1. The zero-order chi connectivity index (χ0) is 14.9. The van der Waals surface area contributed by atoms with Crippen molar-refractivity contribution in [2.75, 3.05) is 11.1 Å². The lowest BCUT2D eigenvalue weighted by Crippen LogP contribution is -2.20. The normalized spacial score (nSPS) is 10.3. The van der Waals surface area contributed by atoms with Crippen molar-refractivity contribution in [1.82, 2.24) is 4.57 Å². The molecule has 0 fully saturated rings. The van der Waals surface area contributed by atoms with Gasteiger partial charge >= 0.3 is 0 Å². The Morgan fingerprint density at radius 1 is 1.20 bits per heavy atom. The molecule has 0 aliphatic heterocycles. The van der Waals surface area contributed by atoms with Crippen molar-refractivity contribution in [2.24, 2.45) is 7.05 Å². The molecule has 0 unspecified atom stereocenters. The van der Waals surface area contributed by atoms with Gasteiger partial charge in [-0.1, -0.05) is 0 Å². The van der Waals surface area contributed by atoms with E-state index in [0.717, 1.165) is 16.8 Å². The van der Waals surface area contributed by atoms with Crippen molar-refractivity contribution in [3.05, 3.63) is 57.5 Å². The molecule has 0 saturated carbocycles. The van der Waals surface area contributed by atoms with Gasteiger partial charge in [-0.2, -0.15) is 0 Å². The van der Waals surface area contributed by atoms with Crippen LogP contribution < -0.4 is 16.6 Å². The standard InChI is InChI=1S/C15H17N3O2/c1-9-6-12(16)7-10(2)14(9)17-15(20)11-4-5-18(3)13(19)8-11/h4-8H,16H2,1-3H3,(H,17,20). The van der Waals surface area contributed by atoms with Crippen LogP contribution in [0.1, 0.15) is 21.5 Å². The molecule has 0 aliphatic carbocycles. The zero-order valence-electron chi connectivity index (χ0n) is 11.7. The number of hydrogen-bond donors (Lipinski definition) is 2. The Hall–Kier alpha value is -2.56. The predicted octanol–water partition coefficient (Wildman–Crippen LogP) is 1.84. The van der Waals surface area contributed by atoms with Gasteiger partial charge in [0.15, 0.2) is 0 Å². The van der Waals surface area contributed by atoms with E-state index in [2.05, 4.69) is 5.32 Å². The minimum absolute atomic E-state index is 0.219. The molecule has 3 N–H and O–H groups in total. The van der Waals surface area contributed by atoms with Crippen LogP contribution in [-0.4, -0.2) is 10.5 Å². The second-order valence-electron chi connectivity index (χ2n) is 4.85. The number of nitrogen functional groups attached to an aromatic ring is 1. The van der Waals surface area contributed by atoms with E-state index in [1.54, 1.807) is 31.4 Å². The van der Waals surface area contributed by atoms with Crippen LogP contribution in [0.2, 0.25) is 0 Å². The van der Waals surface area contributed by atoms with E-state index in [9.17, 15) is 9.59 Å². The van der Waals surface area contributed by atoms with Gasteiger partial charge in [0.1, 0.15) is 0 Å². The molecule has 0 aliphatic rings. The van der Waals surface area contributed by atoms with Gasteiger partial charge in [-0.3, -0.25) is 9.59 Å².